The highest BCUT2D eigenvalue weighted by atomic mass is 16.3. The minimum absolute atomic E-state index is 0.0363. The fourth-order valence-electron chi connectivity index (χ4n) is 4.12. The van der Waals surface area contributed by atoms with E-state index in [2.05, 4.69) is 10.2 Å². The molecule has 2 aromatic rings. The molecule has 5 nitrogen and oxygen atoms in total. The SMILES string of the molecule is CN(C)[C@H](CCC(=O)NC1CCCC(O)c2ccccc21)Cc1ccc(O)cc1. The van der Waals surface area contributed by atoms with Crippen molar-refractivity contribution in [1.29, 1.82) is 0 Å². The summed E-state index contributed by atoms with van der Waals surface area (Å²) in [6.07, 6.45) is 4.08. The molecule has 0 bridgehead atoms. The summed E-state index contributed by atoms with van der Waals surface area (Å²) in [7, 11) is 4.07. The summed E-state index contributed by atoms with van der Waals surface area (Å²) in [6, 6.07) is 15.4. The van der Waals surface area contributed by atoms with E-state index in [0.29, 0.717) is 6.42 Å². The molecule has 156 valence electrons. The van der Waals surface area contributed by atoms with E-state index < -0.39 is 6.10 Å². The number of nitrogens with one attached hydrogen (secondary N) is 1. The van der Waals surface area contributed by atoms with Crippen LogP contribution in [0, 0.1) is 0 Å². The van der Waals surface area contributed by atoms with Crippen molar-refractivity contribution in [2.24, 2.45) is 0 Å². The molecule has 0 saturated heterocycles. The van der Waals surface area contributed by atoms with E-state index in [9.17, 15) is 15.0 Å². The Balaban J connectivity index is 1.59. The van der Waals surface area contributed by atoms with Crippen molar-refractivity contribution >= 4 is 5.91 Å². The van der Waals surface area contributed by atoms with Crippen LogP contribution in [-0.4, -0.2) is 41.2 Å². The first kappa shape index (κ1) is 21.3. The number of carbonyl (C=O) groups is 1. The van der Waals surface area contributed by atoms with Crippen molar-refractivity contribution in [1.82, 2.24) is 10.2 Å². The second-order valence-corrected chi connectivity index (χ2v) is 8.22. The number of rotatable bonds is 7. The van der Waals surface area contributed by atoms with Crippen molar-refractivity contribution in [2.45, 2.75) is 56.7 Å². The van der Waals surface area contributed by atoms with Gasteiger partial charge in [-0.2, -0.15) is 0 Å². The van der Waals surface area contributed by atoms with Gasteiger partial charge in [0.1, 0.15) is 5.75 Å². The standard InChI is InChI=1S/C24H32N2O3/c1-26(2)18(16-17-10-13-19(27)14-11-17)12-15-24(29)25-22-8-5-9-23(28)21-7-4-3-6-20(21)22/h3-4,6-7,10-11,13-14,18,22-23,27-28H,5,8-9,12,15-16H2,1-2H3,(H,25,29)/t18-,22?,23?/m1/s1. The van der Waals surface area contributed by atoms with E-state index >= 15 is 0 Å². The summed E-state index contributed by atoms with van der Waals surface area (Å²) in [5.74, 6) is 0.321. The first-order valence-corrected chi connectivity index (χ1v) is 10.4. The number of phenolic OH excluding ortho intramolecular Hbond substituents is 1. The van der Waals surface area contributed by atoms with Crippen LogP contribution >= 0.6 is 0 Å². The molecular formula is C24H32N2O3. The summed E-state index contributed by atoms with van der Waals surface area (Å²) in [4.78, 5) is 14.9. The summed E-state index contributed by atoms with van der Waals surface area (Å²) in [5.41, 5.74) is 3.13. The number of aliphatic hydroxyl groups is 1. The molecule has 0 spiro atoms. The number of aliphatic hydroxyl groups excluding tert-OH is 1. The second-order valence-electron chi connectivity index (χ2n) is 8.22. The Labute approximate surface area is 173 Å². The number of aromatic hydroxyl groups is 1. The molecule has 0 aromatic heterocycles. The van der Waals surface area contributed by atoms with Crippen LogP contribution in [0.15, 0.2) is 48.5 Å². The lowest BCUT2D eigenvalue weighted by Crippen LogP contribution is -2.33. The maximum Gasteiger partial charge on any atom is 0.220 e. The first-order valence-electron chi connectivity index (χ1n) is 10.4. The van der Waals surface area contributed by atoms with Gasteiger partial charge >= 0.3 is 0 Å². The highest BCUT2D eigenvalue weighted by Gasteiger charge is 2.25. The molecule has 3 rings (SSSR count). The van der Waals surface area contributed by atoms with E-state index in [1.807, 2.05) is 50.5 Å². The van der Waals surface area contributed by atoms with Crippen LogP contribution in [0.25, 0.3) is 0 Å². The van der Waals surface area contributed by atoms with Gasteiger partial charge in [-0.05, 0) is 75.0 Å². The van der Waals surface area contributed by atoms with Crippen LogP contribution in [0.3, 0.4) is 0 Å². The summed E-state index contributed by atoms with van der Waals surface area (Å²) >= 11 is 0. The quantitative estimate of drug-likeness (QED) is 0.624. The molecule has 5 heteroatoms. The predicted octanol–water partition coefficient (Wildman–Crippen LogP) is 3.72. The van der Waals surface area contributed by atoms with Gasteiger partial charge in [0.15, 0.2) is 0 Å². The summed E-state index contributed by atoms with van der Waals surface area (Å²) in [5, 5.41) is 23.0. The Morgan fingerprint density at radius 3 is 2.48 bits per heavy atom. The number of hydrogen-bond acceptors (Lipinski definition) is 4. The van der Waals surface area contributed by atoms with Gasteiger partial charge in [0, 0.05) is 12.5 Å². The van der Waals surface area contributed by atoms with E-state index in [0.717, 1.165) is 48.8 Å². The van der Waals surface area contributed by atoms with Crippen LogP contribution in [0.4, 0.5) is 0 Å². The summed E-state index contributed by atoms with van der Waals surface area (Å²) in [6.45, 7) is 0. The van der Waals surface area contributed by atoms with Crippen LogP contribution in [-0.2, 0) is 11.2 Å². The molecular weight excluding hydrogens is 364 g/mol. The third-order valence-corrected chi connectivity index (χ3v) is 5.88. The van der Waals surface area contributed by atoms with Gasteiger partial charge in [0.05, 0.1) is 12.1 Å². The van der Waals surface area contributed by atoms with Gasteiger partial charge < -0.3 is 20.4 Å². The van der Waals surface area contributed by atoms with Crippen LogP contribution in [0.5, 0.6) is 5.75 Å². The van der Waals surface area contributed by atoms with Crippen molar-refractivity contribution in [3.05, 3.63) is 65.2 Å². The number of likely N-dealkylation sites (N-methyl/N-ethyl adjacent to an activating group) is 1. The number of fused-ring (bicyclic) bond motifs is 1. The highest BCUT2D eigenvalue weighted by Crippen LogP contribution is 2.34. The maximum atomic E-state index is 12.7. The molecule has 0 heterocycles. The Bertz CT molecular complexity index is 804. The number of nitrogens with zero attached hydrogens (tertiary/aromatic N) is 1. The molecule has 0 aliphatic heterocycles. The van der Waals surface area contributed by atoms with Crippen molar-refractivity contribution < 1.29 is 15.0 Å². The number of hydrogen-bond donors (Lipinski definition) is 3. The minimum atomic E-state index is -0.448. The van der Waals surface area contributed by atoms with E-state index in [1.54, 1.807) is 12.1 Å². The van der Waals surface area contributed by atoms with E-state index in [1.165, 1.54) is 0 Å². The average molecular weight is 397 g/mol. The Kier molecular flexibility index (Phi) is 7.29. The lowest BCUT2D eigenvalue weighted by molar-refractivity contribution is -0.122. The second kappa shape index (κ2) is 9.90. The number of phenols is 1. The van der Waals surface area contributed by atoms with Gasteiger partial charge in [-0.1, -0.05) is 36.4 Å². The predicted molar refractivity (Wildman–Crippen MR) is 115 cm³/mol. The van der Waals surface area contributed by atoms with E-state index in [-0.39, 0.29) is 23.7 Å². The number of benzene rings is 2. The third-order valence-electron chi connectivity index (χ3n) is 5.88. The molecule has 1 aliphatic rings. The van der Waals surface area contributed by atoms with Gasteiger partial charge in [-0.3, -0.25) is 4.79 Å². The zero-order chi connectivity index (χ0) is 20.8. The largest absolute Gasteiger partial charge is 0.508 e. The third kappa shape index (κ3) is 5.81. The molecule has 2 aromatic carbocycles. The Morgan fingerprint density at radius 1 is 1.10 bits per heavy atom. The Morgan fingerprint density at radius 2 is 1.79 bits per heavy atom. The molecule has 0 saturated carbocycles. The van der Waals surface area contributed by atoms with E-state index in [4.69, 9.17) is 0 Å². The van der Waals surface area contributed by atoms with Crippen molar-refractivity contribution in [3.63, 3.8) is 0 Å². The molecule has 1 amide bonds. The molecule has 3 atom stereocenters. The molecule has 3 N–H and O–H groups in total. The average Bonchev–Trinajstić information content (AvgIpc) is 2.86. The van der Waals surface area contributed by atoms with Crippen LogP contribution in [0.1, 0.15) is 60.9 Å². The first-order chi connectivity index (χ1) is 13.9. The molecule has 1 aliphatic carbocycles. The zero-order valence-electron chi connectivity index (χ0n) is 17.3. The normalized spacial score (nSPS) is 20.0. The molecule has 0 radical (unpaired) electrons. The lowest BCUT2D eigenvalue weighted by Gasteiger charge is -2.25. The molecule has 0 fully saturated rings. The van der Waals surface area contributed by atoms with Crippen molar-refractivity contribution in [2.75, 3.05) is 14.1 Å². The monoisotopic (exact) mass is 396 g/mol. The fraction of sp³-hybridized carbons (Fsp3) is 0.458. The van der Waals surface area contributed by atoms with Gasteiger partial charge in [0.25, 0.3) is 0 Å². The molecule has 29 heavy (non-hydrogen) atoms. The fourth-order valence-corrected chi connectivity index (χ4v) is 4.12. The minimum Gasteiger partial charge on any atom is -0.508 e. The molecule has 2 unspecified atom stereocenters. The number of carbonyl (C=O) groups excluding carboxylic acids is 1. The van der Waals surface area contributed by atoms with Crippen LogP contribution < -0.4 is 5.32 Å². The van der Waals surface area contributed by atoms with Gasteiger partial charge in [-0.25, -0.2) is 0 Å². The topological polar surface area (TPSA) is 72.8 Å². The Hall–Kier alpha value is -2.37. The van der Waals surface area contributed by atoms with Crippen molar-refractivity contribution in [3.8, 4) is 5.75 Å². The van der Waals surface area contributed by atoms with Crippen LogP contribution in [0.2, 0.25) is 0 Å². The number of amides is 1. The zero-order valence-corrected chi connectivity index (χ0v) is 17.3. The highest BCUT2D eigenvalue weighted by molar-refractivity contribution is 5.76. The maximum absolute atomic E-state index is 12.7. The lowest BCUT2D eigenvalue weighted by atomic mass is 9.97. The smallest absolute Gasteiger partial charge is 0.220 e. The van der Waals surface area contributed by atoms with Gasteiger partial charge in [-0.15, -0.1) is 0 Å². The summed E-state index contributed by atoms with van der Waals surface area (Å²) < 4.78 is 0. The van der Waals surface area contributed by atoms with Gasteiger partial charge in [0.2, 0.25) is 5.91 Å².